The molecule has 14 heavy (non-hydrogen) atoms. The molecular weight excluding hydrogens is 183 g/mol. The molecule has 1 saturated heterocycles. The maximum absolute atomic E-state index is 8.87. The lowest BCUT2D eigenvalue weighted by Crippen LogP contribution is -2.32. The van der Waals surface area contributed by atoms with Crippen LogP contribution in [-0.2, 0) is 4.74 Å². The van der Waals surface area contributed by atoms with Crippen LogP contribution in [0, 0.1) is 0 Å². The van der Waals surface area contributed by atoms with Gasteiger partial charge < -0.3 is 14.8 Å². The molecule has 1 aliphatic rings. The Morgan fingerprint density at radius 1 is 1.50 bits per heavy atom. The molecule has 0 amide bonds. The van der Waals surface area contributed by atoms with Crippen LogP contribution >= 0.6 is 0 Å². The summed E-state index contributed by atoms with van der Waals surface area (Å²) < 4.78 is 7.14. The summed E-state index contributed by atoms with van der Waals surface area (Å²) in [4.78, 5) is 0. The van der Waals surface area contributed by atoms with Crippen LogP contribution < -0.4 is 5.59 Å². The molecule has 2 rings (SSSR count). The van der Waals surface area contributed by atoms with Crippen molar-refractivity contribution in [3.05, 3.63) is 12.3 Å². The Kier molecular flexibility index (Phi) is 2.86. The van der Waals surface area contributed by atoms with Crippen molar-refractivity contribution in [2.75, 3.05) is 6.61 Å². The van der Waals surface area contributed by atoms with Crippen LogP contribution in [0.25, 0.3) is 0 Å². The molecule has 1 aromatic heterocycles. The Morgan fingerprint density at radius 3 is 2.93 bits per heavy atom. The lowest BCUT2D eigenvalue weighted by atomic mass is 9.87. The molecular formula is C8H13BN2O3. The molecule has 1 aromatic rings. The van der Waals surface area contributed by atoms with E-state index in [4.69, 9.17) is 14.8 Å². The van der Waals surface area contributed by atoms with E-state index in [1.165, 1.54) is 0 Å². The fraction of sp³-hybridized carbons (Fsp3) is 0.625. The summed E-state index contributed by atoms with van der Waals surface area (Å²) in [5.41, 5.74) is 0.263. The Bertz CT molecular complexity index is 297. The minimum Gasteiger partial charge on any atom is -0.422 e. The summed E-state index contributed by atoms with van der Waals surface area (Å²) in [5, 5.41) is 21.8. The van der Waals surface area contributed by atoms with E-state index in [0.29, 0.717) is 0 Å². The van der Waals surface area contributed by atoms with E-state index in [2.05, 4.69) is 5.10 Å². The fourth-order valence-corrected chi connectivity index (χ4v) is 1.58. The van der Waals surface area contributed by atoms with Gasteiger partial charge in [-0.15, -0.1) is 0 Å². The van der Waals surface area contributed by atoms with Crippen molar-refractivity contribution in [2.24, 2.45) is 0 Å². The summed E-state index contributed by atoms with van der Waals surface area (Å²) in [5.74, 6) is 0. The van der Waals surface area contributed by atoms with Crippen molar-refractivity contribution in [3.8, 4) is 0 Å². The molecule has 1 atom stereocenters. The summed E-state index contributed by atoms with van der Waals surface area (Å²) in [6.07, 6.45) is 4.82. The highest BCUT2D eigenvalue weighted by Gasteiger charge is 2.19. The van der Waals surface area contributed by atoms with Crippen molar-refractivity contribution >= 4 is 12.7 Å². The van der Waals surface area contributed by atoms with Crippen LogP contribution in [0.2, 0.25) is 0 Å². The summed E-state index contributed by atoms with van der Waals surface area (Å²) in [7, 11) is -1.50. The number of ether oxygens (including phenoxy) is 1. The van der Waals surface area contributed by atoms with Crippen molar-refractivity contribution in [3.63, 3.8) is 0 Å². The maximum atomic E-state index is 8.87. The van der Waals surface area contributed by atoms with Gasteiger partial charge in [-0.2, -0.15) is 5.10 Å². The average Bonchev–Trinajstić information content (AvgIpc) is 2.68. The Hall–Kier alpha value is -0.845. The summed E-state index contributed by atoms with van der Waals surface area (Å²) >= 11 is 0. The van der Waals surface area contributed by atoms with Gasteiger partial charge in [-0.3, -0.25) is 0 Å². The predicted molar refractivity (Wildman–Crippen MR) is 50.9 cm³/mol. The number of hydrogen-bond acceptors (Lipinski definition) is 4. The lowest BCUT2D eigenvalue weighted by molar-refractivity contribution is -0.0392. The van der Waals surface area contributed by atoms with E-state index in [0.717, 1.165) is 25.9 Å². The predicted octanol–water partition coefficient (Wildman–Crippen LogP) is -0.738. The Morgan fingerprint density at radius 2 is 2.36 bits per heavy atom. The molecule has 0 radical (unpaired) electrons. The zero-order chi connectivity index (χ0) is 9.97. The Labute approximate surface area is 82.5 Å². The van der Waals surface area contributed by atoms with Gasteiger partial charge >= 0.3 is 7.12 Å². The van der Waals surface area contributed by atoms with Crippen LogP contribution in [0.3, 0.4) is 0 Å². The zero-order valence-corrected chi connectivity index (χ0v) is 7.83. The van der Waals surface area contributed by atoms with Gasteiger partial charge in [-0.1, -0.05) is 0 Å². The highest BCUT2D eigenvalue weighted by atomic mass is 16.5. The molecule has 1 aliphatic heterocycles. The van der Waals surface area contributed by atoms with Crippen molar-refractivity contribution in [1.29, 1.82) is 0 Å². The summed E-state index contributed by atoms with van der Waals surface area (Å²) in [6.45, 7) is 0.752. The highest BCUT2D eigenvalue weighted by Crippen LogP contribution is 2.20. The molecule has 0 spiro atoms. The van der Waals surface area contributed by atoms with Crippen LogP contribution in [-0.4, -0.2) is 33.6 Å². The molecule has 1 fully saturated rings. The normalized spacial score (nSPS) is 22.3. The van der Waals surface area contributed by atoms with E-state index in [1.54, 1.807) is 16.9 Å². The largest absolute Gasteiger partial charge is 0.510 e. The SMILES string of the molecule is OB(O)c1ccn([C@H]2CCCCO2)n1. The number of hydrogen-bond donors (Lipinski definition) is 2. The molecule has 0 bridgehead atoms. The van der Waals surface area contributed by atoms with Crippen LogP contribution in [0.15, 0.2) is 12.3 Å². The zero-order valence-electron chi connectivity index (χ0n) is 7.83. The average molecular weight is 196 g/mol. The number of rotatable bonds is 2. The van der Waals surface area contributed by atoms with Crippen LogP contribution in [0.1, 0.15) is 25.5 Å². The third-order valence-corrected chi connectivity index (χ3v) is 2.34. The first-order valence-electron chi connectivity index (χ1n) is 4.80. The number of aromatic nitrogens is 2. The van der Waals surface area contributed by atoms with Gasteiger partial charge in [0.15, 0.2) is 0 Å². The number of nitrogens with zero attached hydrogens (tertiary/aromatic N) is 2. The molecule has 76 valence electrons. The summed E-state index contributed by atoms with van der Waals surface area (Å²) in [6, 6.07) is 1.59. The molecule has 2 N–H and O–H groups in total. The minimum absolute atomic E-state index is 0.0451. The Balaban J connectivity index is 2.07. The third-order valence-electron chi connectivity index (χ3n) is 2.34. The van der Waals surface area contributed by atoms with Gasteiger partial charge in [-0.05, 0) is 25.3 Å². The molecule has 6 heteroatoms. The van der Waals surface area contributed by atoms with E-state index in [-0.39, 0.29) is 11.8 Å². The van der Waals surface area contributed by atoms with Crippen LogP contribution in [0.4, 0.5) is 0 Å². The van der Waals surface area contributed by atoms with E-state index < -0.39 is 7.12 Å². The highest BCUT2D eigenvalue weighted by molar-refractivity contribution is 6.57. The topological polar surface area (TPSA) is 67.5 Å². The van der Waals surface area contributed by atoms with Gasteiger partial charge in [0.2, 0.25) is 0 Å². The third kappa shape index (κ3) is 1.97. The second kappa shape index (κ2) is 4.12. The van der Waals surface area contributed by atoms with E-state index in [1.807, 2.05) is 0 Å². The van der Waals surface area contributed by atoms with Gasteiger partial charge in [0, 0.05) is 12.8 Å². The van der Waals surface area contributed by atoms with Crippen molar-refractivity contribution < 1.29 is 14.8 Å². The molecule has 0 unspecified atom stereocenters. The van der Waals surface area contributed by atoms with Crippen LogP contribution in [0.5, 0.6) is 0 Å². The fourth-order valence-electron chi connectivity index (χ4n) is 1.58. The quantitative estimate of drug-likeness (QED) is 0.611. The van der Waals surface area contributed by atoms with E-state index in [9.17, 15) is 0 Å². The van der Waals surface area contributed by atoms with Crippen molar-refractivity contribution in [2.45, 2.75) is 25.5 Å². The first kappa shape index (κ1) is 9.70. The smallest absolute Gasteiger partial charge is 0.422 e. The molecule has 0 saturated carbocycles. The van der Waals surface area contributed by atoms with Gasteiger partial charge in [0.1, 0.15) is 6.23 Å². The standard InChI is InChI=1S/C8H13BN2O3/c12-9(13)7-4-5-11(10-7)8-3-1-2-6-14-8/h4-5,8,12-13H,1-3,6H2/t8-/m1/s1. The first-order valence-corrected chi connectivity index (χ1v) is 4.80. The van der Waals surface area contributed by atoms with Crippen molar-refractivity contribution in [1.82, 2.24) is 9.78 Å². The molecule has 0 aliphatic carbocycles. The lowest BCUT2D eigenvalue weighted by Gasteiger charge is -2.22. The van der Waals surface area contributed by atoms with Gasteiger partial charge in [0.25, 0.3) is 0 Å². The molecule has 2 heterocycles. The molecule has 0 aromatic carbocycles. The van der Waals surface area contributed by atoms with E-state index >= 15 is 0 Å². The second-order valence-corrected chi connectivity index (χ2v) is 3.42. The second-order valence-electron chi connectivity index (χ2n) is 3.42. The maximum Gasteiger partial charge on any atom is 0.510 e. The van der Waals surface area contributed by atoms with Gasteiger partial charge in [-0.25, -0.2) is 4.68 Å². The minimum atomic E-state index is -1.50. The molecule has 5 nitrogen and oxygen atoms in total. The monoisotopic (exact) mass is 196 g/mol. The van der Waals surface area contributed by atoms with Gasteiger partial charge in [0.05, 0.1) is 5.59 Å². The first-order chi connectivity index (χ1) is 6.77.